The van der Waals surface area contributed by atoms with Gasteiger partial charge >= 0.3 is 5.97 Å². The summed E-state index contributed by atoms with van der Waals surface area (Å²) >= 11 is 1.56. The third kappa shape index (κ3) is 2.62. The summed E-state index contributed by atoms with van der Waals surface area (Å²) in [5.41, 5.74) is 1.02. The van der Waals surface area contributed by atoms with Crippen LogP contribution in [0.5, 0.6) is 0 Å². The fourth-order valence-electron chi connectivity index (χ4n) is 1.48. The predicted octanol–water partition coefficient (Wildman–Crippen LogP) is 3.20. The first-order valence-corrected chi connectivity index (χ1v) is 5.89. The Bertz CT molecular complexity index is 525. The molecule has 0 bridgehead atoms. The molecule has 0 unspecified atom stereocenters. The topological polar surface area (TPSA) is 49.3 Å². The van der Waals surface area contributed by atoms with E-state index in [1.807, 2.05) is 16.8 Å². The minimum absolute atomic E-state index is 0.295. The first-order chi connectivity index (χ1) is 8.18. The lowest BCUT2D eigenvalue weighted by Gasteiger charge is -2.09. The fourth-order valence-corrected chi connectivity index (χ4v) is 2.15. The van der Waals surface area contributed by atoms with Crippen molar-refractivity contribution in [2.75, 3.05) is 5.32 Å². The average Bonchev–Trinajstić information content (AvgIpc) is 2.78. The zero-order valence-electron chi connectivity index (χ0n) is 8.81. The van der Waals surface area contributed by atoms with Gasteiger partial charge in [-0.3, -0.25) is 0 Å². The maximum atomic E-state index is 13.3. The van der Waals surface area contributed by atoms with E-state index in [1.54, 1.807) is 17.4 Å². The van der Waals surface area contributed by atoms with Gasteiger partial charge in [0.25, 0.3) is 0 Å². The monoisotopic (exact) mass is 251 g/mol. The molecule has 0 aliphatic rings. The van der Waals surface area contributed by atoms with E-state index in [4.69, 9.17) is 5.11 Å². The van der Waals surface area contributed by atoms with Crippen LogP contribution in [-0.2, 0) is 6.54 Å². The third-order valence-corrected chi connectivity index (χ3v) is 3.02. The number of carbonyl (C=O) groups is 1. The summed E-state index contributed by atoms with van der Waals surface area (Å²) < 4.78 is 13.3. The van der Waals surface area contributed by atoms with Gasteiger partial charge in [0.05, 0.1) is 5.69 Å². The van der Waals surface area contributed by atoms with Crippen molar-refractivity contribution < 1.29 is 14.3 Å². The highest BCUT2D eigenvalue weighted by Crippen LogP contribution is 2.20. The van der Waals surface area contributed by atoms with Crippen molar-refractivity contribution in [3.63, 3.8) is 0 Å². The molecule has 17 heavy (non-hydrogen) atoms. The normalized spacial score (nSPS) is 10.2. The summed E-state index contributed by atoms with van der Waals surface area (Å²) in [6, 6.07) is 6.10. The van der Waals surface area contributed by atoms with Gasteiger partial charge in [0.2, 0.25) is 0 Å². The van der Waals surface area contributed by atoms with Gasteiger partial charge in [0, 0.05) is 6.54 Å². The Kier molecular flexibility index (Phi) is 3.39. The van der Waals surface area contributed by atoms with Crippen molar-refractivity contribution >= 4 is 23.0 Å². The van der Waals surface area contributed by atoms with E-state index >= 15 is 0 Å². The lowest BCUT2D eigenvalue weighted by atomic mass is 10.1. The molecule has 1 aromatic carbocycles. The average molecular weight is 251 g/mol. The molecule has 3 nitrogen and oxygen atoms in total. The van der Waals surface area contributed by atoms with Crippen LogP contribution < -0.4 is 5.32 Å². The molecule has 0 radical (unpaired) electrons. The zero-order chi connectivity index (χ0) is 12.3. The van der Waals surface area contributed by atoms with Crippen LogP contribution in [0.1, 0.15) is 15.9 Å². The largest absolute Gasteiger partial charge is 0.478 e. The number of anilines is 1. The second kappa shape index (κ2) is 4.97. The van der Waals surface area contributed by atoms with Crippen molar-refractivity contribution in [2.45, 2.75) is 6.54 Å². The number of hydrogen-bond acceptors (Lipinski definition) is 3. The Morgan fingerprint density at radius 3 is 2.88 bits per heavy atom. The van der Waals surface area contributed by atoms with E-state index < -0.39 is 11.8 Å². The number of carboxylic acids is 1. The third-order valence-electron chi connectivity index (χ3n) is 2.29. The highest BCUT2D eigenvalue weighted by molar-refractivity contribution is 7.07. The van der Waals surface area contributed by atoms with Crippen molar-refractivity contribution in [2.24, 2.45) is 0 Å². The number of nitrogens with one attached hydrogen (secondary N) is 1. The zero-order valence-corrected chi connectivity index (χ0v) is 9.63. The summed E-state index contributed by atoms with van der Waals surface area (Å²) in [5, 5.41) is 15.7. The Morgan fingerprint density at radius 2 is 2.24 bits per heavy atom. The molecule has 5 heteroatoms. The van der Waals surface area contributed by atoms with Gasteiger partial charge in [-0.25, -0.2) is 9.18 Å². The number of thiophene rings is 1. The molecule has 0 amide bonds. The van der Waals surface area contributed by atoms with Gasteiger partial charge in [-0.2, -0.15) is 11.3 Å². The highest BCUT2D eigenvalue weighted by atomic mass is 32.1. The molecule has 88 valence electrons. The van der Waals surface area contributed by atoms with Crippen molar-refractivity contribution in [3.8, 4) is 0 Å². The van der Waals surface area contributed by atoms with E-state index in [9.17, 15) is 9.18 Å². The minimum Gasteiger partial charge on any atom is -0.478 e. The summed E-state index contributed by atoms with van der Waals surface area (Å²) in [5.74, 6) is -2.00. The second-order valence-corrected chi connectivity index (χ2v) is 4.23. The lowest BCUT2D eigenvalue weighted by molar-refractivity contribution is 0.0693. The van der Waals surface area contributed by atoms with Crippen LogP contribution in [0.2, 0.25) is 0 Å². The fraction of sp³-hybridized carbons (Fsp3) is 0.0833. The molecular formula is C12H10FNO2S. The Labute approximate surface area is 102 Å². The van der Waals surface area contributed by atoms with E-state index in [0.29, 0.717) is 12.2 Å². The smallest absolute Gasteiger partial charge is 0.340 e. The summed E-state index contributed by atoms with van der Waals surface area (Å²) in [6.45, 7) is 0.479. The van der Waals surface area contributed by atoms with Crippen LogP contribution in [0.25, 0.3) is 0 Å². The van der Waals surface area contributed by atoms with E-state index in [-0.39, 0.29) is 5.56 Å². The molecule has 0 fully saturated rings. The molecule has 0 saturated carbocycles. The molecule has 0 aliphatic carbocycles. The molecule has 2 aromatic rings. The Balaban J connectivity index is 2.21. The quantitative estimate of drug-likeness (QED) is 0.877. The number of halogens is 1. The second-order valence-electron chi connectivity index (χ2n) is 3.45. The SMILES string of the molecule is O=C(O)c1c(F)cccc1NCc1ccsc1. The van der Waals surface area contributed by atoms with Crippen LogP contribution >= 0.6 is 11.3 Å². The van der Waals surface area contributed by atoms with Crippen LogP contribution in [0, 0.1) is 5.82 Å². The number of aromatic carboxylic acids is 1. The summed E-state index contributed by atoms with van der Waals surface area (Å²) in [6.07, 6.45) is 0. The standard InChI is InChI=1S/C12H10FNO2S/c13-9-2-1-3-10(11(9)12(15)16)14-6-8-4-5-17-7-8/h1-5,7,14H,6H2,(H,15,16). The number of carboxylic acid groups (broad SMARTS) is 1. The molecule has 1 heterocycles. The van der Waals surface area contributed by atoms with Gasteiger partial charge in [-0.15, -0.1) is 0 Å². The predicted molar refractivity (Wildman–Crippen MR) is 65.0 cm³/mol. The lowest BCUT2D eigenvalue weighted by Crippen LogP contribution is -2.08. The molecule has 0 spiro atoms. The van der Waals surface area contributed by atoms with Crippen LogP contribution in [-0.4, -0.2) is 11.1 Å². The molecule has 2 rings (SSSR count). The van der Waals surface area contributed by atoms with Crippen molar-refractivity contribution in [1.82, 2.24) is 0 Å². The highest BCUT2D eigenvalue weighted by Gasteiger charge is 2.15. The first kappa shape index (κ1) is 11.6. The maximum Gasteiger partial charge on any atom is 0.340 e. The van der Waals surface area contributed by atoms with E-state index in [2.05, 4.69) is 5.32 Å². The van der Waals surface area contributed by atoms with E-state index in [0.717, 1.165) is 11.6 Å². The summed E-state index contributed by atoms with van der Waals surface area (Å²) in [4.78, 5) is 10.9. The number of benzene rings is 1. The van der Waals surface area contributed by atoms with Crippen molar-refractivity contribution in [1.29, 1.82) is 0 Å². The number of hydrogen-bond donors (Lipinski definition) is 2. The van der Waals surface area contributed by atoms with Crippen LogP contribution in [0.4, 0.5) is 10.1 Å². The first-order valence-electron chi connectivity index (χ1n) is 4.95. The van der Waals surface area contributed by atoms with Gasteiger partial charge in [-0.05, 0) is 34.5 Å². The van der Waals surface area contributed by atoms with E-state index in [1.165, 1.54) is 6.07 Å². The van der Waals surface area contributed by atoms with Gasteiger partial charge in [-0.1, -0.05) is 6.07 Å². The Hall–Kier alpha value is -1.88. The molecule has 1 aromatic heterocycles. The molecule has 0 atom stereocenters. The summed E-state index contributed by atoms with van der Waals surface area (Å²) in [7, 11) is 0. The molecule has 0 saturated heterocycles. The van der Waals surface area contributed by atoms with Gasteiger partial charge in [0.15, 0.2) is 0 Å². The van der Waals surface area contributed by atoms with Gasteiger partial charge in [0.1, 0.15) is 11.4 Å². The van der Waals surface area contributed by atoms with Gasteiger partial charge < -0.3 is 10.4 Å². The maximum absolute atomic E-state index is 13.3. The molecule has 2 N–H and O–H groups in total. The molecular weight excluding hydrogens is 241 g/mol. The number of rotatable bonds is 4. The minimum atomic E-state index is -1.27. The molecule has 0 aliphatic heterocycles. The van der Waals surface area contributed by atoms with Crippen molar-refractivity contribution in [3.05, 3.63) is 52.0 Å². The Morgan fingerprint density at radius 1 is 1.41 bits per heavy atom. The van der Waals surface area contributed by atoms with Crippen LogP contribution in [0.15, 0.2) is 35.0 Å². The van der Waals surface area contributed by atoms with Crippen LogP contribution in [0.3, 0.4) is 0 Å².